The average Bonchev–Trinajstić information content (AvgIpc) is 2.48. The molecule has 0 bridgehead atoms. The SMILES string of the molecule is CC(C)C(=O)Nc1ccc(NCc2ccc(Br)cc2)cc1. The average molecular weight is 347 g/mol. The summed E-state index contributed by atoms with van der Waals surface area (Å²) in [6.45, 7) is 4.53. The number of carbonyl (C=O) groups is 1. The van der Waals surface area contributed by atoms with Crippen LogP contribution in [-0.4, -0.2) is 5.91 Å². The van der Waals surface area contributed by atoms with Crippen LogP contribution in [0.2, 0.25) is 0 Å². The van der Waals surface area contributed by atoms with E-state index in [4.69, 9.17) is 0 Å². The van der Waals surface area contributed by atoms with Crippen LogP contribution in [-0.2, 0) is 11.3 Å². The Labute approximate surface area is 133 Å². The smallest absolute Gasteiger partial charge is 0.226 e. The Morgan fingerprint density at radius 2 is 1.57 bits per heavy atom. The molecule has 0 saturated heterocycles. The monoisotopic (exact) mass is 346 g/mol. The number of halogens is 1. The first kappa shape index (κ1) is 15.6. The molecule has 0 aliphatic rings. The van der Waals surface area contributed by atoms with Gasteiger partial charge in [-0.2, -0.15) is 0 Å². The van der Waals surface area contributed by atoms with Gasteiger partial charge in [0.25, 0.3) is 0 Å². The minimum Gasteiger partial charge on any atom is -0.381 e. The summed E-state index contributed by atoms with van der Waals surface area (Å²) in [4.78, 5) is 11.6. The summed E-state index contributed by atoms with van der Waals surface area (Å²) in [7, 11) is 0. The molecule has 4 heteroatoms. The molecule has 2 N–H and O–H groups in total. The van der Waals surface area contributed by atoms with Gasteiger partial charge in [0.15, 0.2) is 0 Å². The normalized spacial score (nSPS) is 10.5. The Morgan fingerprint density at radius 1 is 1.00 bits per heavy atom. The molecule has 0 aromatic heterocycles. The third-order valence-corrected chi connectivity index (χ3v) is 3.62. The lowest BCUT2D eigenvalue weighted by Crippen LogP contribution is -2.17. The van der Waals surface area contributed by atoms with E-state index in [0.717, 1.165) is 22.4 Å². The van der Waals surface area contributed by atoms with E-state index in [2.05, 4.69) is 38.7 Å². The highest BCUT2D eigenvalue weighted by Crippen LogP contribution is 2.16. The van der Waals surface area contributed by atoms with Crippen LogP contribution in [0, 0.1) is 5.92 Å². The molecule has 0 spiro atoms. The highest BCUT2D eigenvalue weighted by atomic mass is 79.9. The quantitative estimate of drug-likeness (QED) is 0.826. The van der Waals surface area contributed by atoms with Gasteiger partial charge in [0.2, 0.25) is 5.91 Å². The fraction of sp³-hybridized carbons (Fsp3) is 0.235. The van der Waals surface area contributed by atoms with E-state index >= 15 is 0 Å². The molecular formula is C17H19BrN2O. The van der Waals surface area contributed by atoms with Crippen molar-refractivity contribution in [2.45, 2.75) is 20.4 Å². The number of anilines is 2. The molecule has 0 saturated carbocycles. The van der Waals surface area contributed by atoms with Gasteiger partial charge in [-0.1, -0.05) is 41.9 Å². The minimum atomic E-state index is -0.0137. The van der Waals surface area contributed by atoms with Crippen molar-refractivity contribution in [2.24, 2.45) is 5.92 Å². The summed E-state index contributed by atoms with van der Waals surface area (Å²) in [5.41, 5.74) is 3.07. The third kappa shape index (κ3) is 4.90. The van der Waals surface area contributed by atoms with Crippen molar-refractivity contribution in [3.63, 3.8) is 0 Å². The summed E-state index contributed by atoms with van der Waals surface area (Å²) in [6.07, 6.45) is 0. The van der Waals surface area contributed by atoms with Gasteiger partial charge in [-0.05, 0) is 42.0 Å². The van der Waals surface area contributed by atoms with E-state index in [1.165, 1.54) is 5.56 Å². The number of nitrogens with one attached hydrogen (secondary N) is 2. The molecule has 1 amide bonds. The molecule has 0 atom stereocenters. The van der Waals surface area contributed by atoms with Crippen molar-refractivity contribution in [2.75, 3.05) is 10.6 Å². The lowest BCUT2D eigenvalue weighted by Gasteiger charge is -2.10. The van der Waals surface area contributed by atoms with E-state index < -0.39 is 0 Å². The number of carbonyl (C=O) groups excluding carboxylic acids is 1. The molecule has 0 aliphatic carbocycles. The number of benzene rings is 2. The molecule has 3 nitrogen and oxygen atoms in total. The van der Waals surface area contributed by atoms with Crippen molar-refractivity contribution in [3.05, 3.63) is 58.6 Å². The Hall–Kier alpha value is -1.81. The number of hydrogen-bond acceptors (Lipinski definition) is 2. The first-order valence-corrected chi connectivity index (χ1v) is 7.73. The van der Waals surface area contributed by atoms with Gasteiger partial charge in [-0.3, -0.25) is 4.79 Å². The molecule has 0 aliphatic heterocycles. The number of hydrogen-bond donors (Lipinski definition) is 2. The van der Waals surface area contributed by atoms with Crippen LogP contribution in [0.5, 0.6) is 0 Å². The second-order valence-corrected chi connectivity index (χ2v) is 6.12. The molecule has 0 heterocycles. The lowest BCUT2D eigenvalue weighted by molar-refractivity contribution is -0.118. The van der Waals surface area contributed by atoms with Crippen LogP contribution in [0.4, 0.5) is 11.4 Å². The highest BCUT2D eigenvalue weighted by Gasteiger charge is 2.06. The Morgan fingerprint density at radius 3 is 2.14 bits per heavy atom. The second kappa shape index (κ2) is 7.27. The highest BCUT2D eigenvalue weighted by molar-refractivity contribution is 9.10. The Kier molecular flexibility index (Phi) is 5.39. The third-order valence-electron chi connectivity index (χ3n) is 3.09. The van der Waals surface area contributed by atoms with E-state index in [1.807, 2.05) is 50.2 Å². The van der Waals surface area contributed by atoms with Crippen LogP contribution in [0.1, 0.15) is 19.4 Å². The standard InChI is InChI=1S/C17H19BrN2O/c1-12(2)17(21)20-16-9-7-15(8-10-16)19-11-13-3-5-14(18)6-4-13/h3-10,12,19H,11H2,1-2H3,(H,20,21). The summed E-state index contributed by atoms with van der Waals surface area (Å²) < 4.78 is 1.08. The van der Waals surface area contributed by atoms with Gasteiger partial charge in [-0.15, -0.1) is 0 Å². The van der Waals surface area contributed by atoms with Crippen LogP contribution >= 0.6 is 15.9 Å². The van der Waals surface area contributed by atoms with Crippen molar-refractivity contribution in [1.82, 2.24) is 0 Å². The predicted octanol–water partition coefficient (Wildman–Crippen LogP) is 4.66. The van der Waals surface area contributed by atoms with Crippen LogP contribution in [0.3, 0.4) is 0 Å². The maximum absolute atomic E-state index is 11.6. The van der Waals surface area contributed by atoms with Gasteiger partial charge in [0.1, 0.15) is 0 Å². The summed E-state index contributed by atoms with van der Waals surface area (Å²) in [5.74, 6) is 0.0192. The van der Waals surface area contributed by atoms with Gasteiger partial charge in [0.05, 0.1) is 0 Å². The van der Waals surface area contributed by atoms with E-state index in [-0.39, 0.29) is 11.8 Å². The second-order valence-electron chi connectivity index (χ2n) is 5.20. The maximum Gasteiger partial charge on any atom is 0.226 e. The summed E-state index contributed by atoms with van der Waals surface area (Å²) in [5, 5.41) is 6.23. The zero-order chi connectivity index (χ0) is 15.2. The summed E-state index contributed by atoms with van der Waals surface area (Å²) >= 11 is 3.42. The van der Waals surface area contributed by atoms with Gasteiger partial charge < -0.3 is 10.6 Å². The first-order valence-electron chi connectivity index (χ1n) is 6.94. The molecule has 21 heavy (non-hydrogen) atoms. The molecule has 0 radical (unpaired) electrons. The first-order chi connectivity index (χ1) is 10.0. The van der Waals surface area contributed by atoms with Crippen LogP contribution in [0.25, 0.3) is 0 Å². The molecule has 0 unspecified atom stereocenters. The Bertz CT molecular complexity index is 591. The molecule has 110 valence electrons. The molecule has 2 aromatic rings. The minimum absolute atomic E-state index is 0.0137. The molecule has 2 aromatic carbocycles. The van der Waals surface area contributed by atoms with Crippen molar-refractivity contribution in [1.29, 1.82) is 0 Å². The maximum atomic E-state index is 11.6. The van der Waals surface area contributed by atoms with E-state index in [0.29, 0.717) is 0 Å². The fourth-order valence-electron chi connectivity index (χ4n) is 1.76. The fourth-order valence-corrected chi connectivity index (χ4v) is 2.03. The van der Waals surface area contributed by atoms with Crippen molar-refractivity contribution >= 4 is 33.2 Å². The number of amides is 1. The van der Waals surface area contributed by atoms with Crippen LogP contribution < -0.4 is 10.6 Å². The van der Waals surface area contributed by atoms with Gasteiger partial charge >= 0.3 is 0 Å². The Balaban J connectivity index is 1.90. The molecule has 0 fully saturated rings. The molecular weight excluding hydrogens is 328 g/mol. The van der Waals surface area contributed by atoms with Gasteiger partial charge in [-0.25, -0.2) is 0 Å². The van der Waals surface area contributed by atoms with Gasteiger partial charge in [0, 0.05) is 28.3 Å². The zero-order valence-electron chi connectivity index (χ0n) is 12.2. The molecule has 2 rings (SSSR count). The topological polar surface area (TPSA) is 41.1 Å². The predicted molar refractivity (Wildman–Crippen MR) is 91.4 cm³/mol. The summed E-state index contributed by atoms with van der Waals surface area (Å²) in [6, 6.07) is 16.0. The van der Waals surface area contributed by atoms with E-state index in [1.54, 1.807) is 0 Å². The largest absolute Gasteiger partial charge is 0.381 e. The zero-order valence-corrected chi connectivity index (χ0v) is 13.8. The van der Waals surface area contributed by atoms with Crippen LogP contribution in [0.15, 0.2) is 53.0 Å². The lowest BCUT2D eigenvalue weighted by atomic mass is 10.2. The number of rotatable bonds is 5. The van der Waals surface area contributed by atoms with Crippen molar-refractivity contribution < 1.29 is 4.79 Å². The van der Waals surface area contributed by atoms with E-state index in [9.17, 15) is 4.79 Å². The van der Waals surface area contributed by atoms with Crippen molar-refractivity contribution in [3.8, 4) is 0 Å².